The highest BCUT2D eigenvalue weighted by Crippen LogP contribution is 2.34. The van der Waals surface area contributed by atoms with Crippen LogP contribution >= 0.6 is 38.9 Å². The molecule has 0 aliphatic heterocycles. The molecule has 86 valence electrons. The van der Waals surface area contributed by atoms with E-state index in [4.69, 9.17) is 17.3 Å². The largest absolute Gasteiger partial charge is 0.329 e. The Bertz CT molecular complexity index is 302. The first kappa shape index (κ1) is 13.3. The maximum atomic E-state index is 12.0. The van der Waals surface area contributed by atoms with Gasteiger partial charge in [0.05, 0.1) is 12.6 Å². The number of hydrogen-bond acceptors (Lipinski definition) is 3. The van der Waals surface area contributed by atoms with Crippen molar-refractivity contribution in [3.05, 3.63) is 19.8 Å². The fourth-order valence-electron chi connectivity index (χ4n) is 1.07. The summed E-state index contributed by atoms with van der Waals surface area (Å²) in [7, 11) is 0. The summed E-state index contributed by atoms with van der Waals surface area (Å²) in [6.07, 6.45) is -2.38. The SMILES string of the molecule is NCC(NCC(F)F)c1cc(Br)c(Cl)s1. The zero-order chi connectivity index (χ0) is 11.4. The summed E-state index contributed by atoms with van der Waals surface area (Å²) < 4.78 is 25.4. The van der Waals surface area contributed by atoms with Crippen molar-refractivity contribution in [3.63, 3.8) is 0 Å². The number of rotatable bonds is 5. The quantitative estimate of drug-likeness (QED) is 0.875. The van der Waals surface area contributed by atoms with E-state index in [1.54, 1.807) is 6.07 Å². The first-order valence-electron chi connectivity index (χ1n) is 4.21. The van der Waals surface area contributed by atoms with E-state index in [1.165, 1.54) is 11.3 Å². The maximum absolute atomic E-state index is 12.0. The van der Waals surface area contributed by atoms with Gasteiger partial charge in [0.15, 0.2) is 0 Å². The van der Waals surface area contributed by atoms with Crippen molar-refractivity contribution >= 4 is 38.9 Å². The van der Waals surface area contributed by atoms with Crippen LogP contribution in [-0.2, 0) is 0 Å². The Morgan fingerprint density at radius 2 is 2.27 bits per heavy atom. The molecule has 0 amide bonds. The third-order valence-electron chi connectivity index (χ3n) is 1.76. The van der Waals surface area contributed by atoms with E-state index in [-0.39, 0.29) is 19.1 Å². The average Bonchev–Trinajstić information content (AvgIpc) is 2.47. The van der Waals surface area contributed by atoms with Crippen molar-refractivity contribution in [1.82, 2.24) is 5.32 Å². The third-order valence-corrected chi connectivity index (χ3v) is 4.35. The van der Waals surface area contributed by atoms with Crippen LogP contribution in [-0.4, -0.2) is 19.5 Å². The Kier molecular flexibility index (Phi) is 5.42. The van der Waals surface area contributed by atoms with Crippen LogP contribution in [0.5, 0.6) is 0 Å². The second kappa shape index (κ2) is 6.10. The molecule has 0 aromatic carbocycles. The van der Waals surface area contributed by atoms with Gasteiger partial charge in [0.25, 0.3) is 6.43 Å². The van der Waals surface area contributed by atoms with Gasteiger partial charge in [-0.1, -0.05) is 11.6 Å². The minimum Gasteiger partial charge on any atom is -0.329 e. The molecule has 1 rings (SSSR count). The van der Waals surface area contributed by atoms with Crippen molar-refractivity contribution < 1.29 is 8.78 Å². The molecule has 1 atom stereocenters. The molecule has 0 bridgehead atoms. The fourth-order valence-corrected chi connectivity index (χ4v) is 2.89. The zero-order valence-electron chi connectivity index (χ0n) is 7.64. The Balaban J connectivity index is 2.65. The molecule has 0 aliphatic rings. The first-order valence-corrected chi connectivity index (χ1v) is 6.19. The van der Waals surface area contributed by atoms with Crippen LogP contribution in [0.15, 0.2) is 10.5 Å². The summed E-state index contributed by atoms with van der Waals surface area (Å²) in [6.45, 7) is -0.106. The molecule has 0 saturated carbocycles. The van der Waals surface area contributed by atoms with Gasteiger partial charge in [0.2, 0.25) is 0 Å². The molecular weight excluding hydrogens is 310 g/mol. The van der Waals surface area contributed by atoms with Gasteiger partial charge < -0.3 is 11.1 Å². The predicted molar refractivity (Wildman–Crippen MR) is 62.8 cm³/mol. The first-order chi connectivity index (χ1) is 7.04. The van der Waals surface area contributed by atoms with E-state index in [9.17, 15) is 8.78 Å². The van der Waals surface area contributed by atoms with E-state index in [2.05, 4.69) is 21.2 Å². The smallest absolute Gasteiger partial charge is 0.250 e. The highest BCUT2D eigenvalue weighted by Gasteiger charge is 2.15. The number of halogens is 4. The normalized spacial score (nSPS) is 13.5. The lowest BCUT2D eigenvalue weighted by Crippen LogP contribution is -2.31. The lowest BCUT2D eigenvalue weighted by atomic mass is 10.2. The molecule has 3 N–H and O–H groups in total. The monoisotopic (exact) mass is 318 g/mol. The minimum absolute atomic E-state index is 0.260. The van der Waals surface area contributed by atoms with Crippen LogP contribution in [0.25, 0.3) is 0 Å². The summed E-state index contributed by atoms with van der Waals surface area (Å²) in [5, 5.41) is 2.68. The number of alkyl halides is 2. The van der Waals surface area contributed by atoms with Crippen molar-refractivity contribution in [2.75, 3.05) is 13.1 Å². The highest BCUT2D eigenvalue weighted by atomic mass is 79.9. The Labute approximate surface area is 104 Å². The average molecular weight is 320 g/mol. The highest BCUT2D eigenvalue weighted by molar-refractivity contribution is 9.10. The fraction of sp³-hybridized carbons (Fsp3) is 0.500. The van der Waals surface area contributed by atoms with Crippen LogP contribution < -0.4 is 11.1 Å². The summed E-state index contributed by atoms with van der Waals surface area (Å²) in [5.74, 6) is 0. The number of thiophene rings is 1. The third kappa shape index (κ3) is 3.96. The van der Waals surface area contributed by atoms with Crippen LogP contribution in [0.1, 0.15) is 10.9 Å². The Morgan fingerprint density at radius 3 is 2.67 bits per heavy atom. The predicted octanol–water partition coefficient (Wildman–Crippen LogP) is 3.02. The van der Waals surface area contributed by atoms with E-state index in [0.29, 0.717) is 4.34 Å². The molecular formula is C8H10BrClF2N2S. The van der Waals surface area contributed by atoms with Gasteiger partial charge in [-0.15, -0.1) is 11.3 Å². The van der Waals surface area contributed by atoms with Gasteiger partial charge in [-0.2, -0.15) is 0 Å². The molecule has 0 radical (unpaired) electrons. The van der Waals surface area contributed by atoms with Crippen LogP contribution in [0.2, 0.25) is 4.34 Å². The van der Waals surface area contributed by atoms with Crippen LogP contribution in [0.3, 0.4) is 0 Å². The van der Waals surface area contributed by atoms with E-state index in [1.807, 2.05) is 0 Å². The van der Waals surface area contributed by atoms with Gasteiger partial charge in [-0.25, -0.2) is 8.78 Å². The lowest BCUT2D eigenvalue weighted by Gasteiger charge is -2.14. The molecule has 0 spiro atoms. The summed E-state index contributed by atoms with van der Waals surface area (Å²) in [6, 6.07) is 1.52. The van der Waals surface area contributed by atoms with Gasteiger partial charge in [-0.05, 0) is 22.0 Å². The second-order valence-electron chi connectivity index (χ2n) is 2.86. The standard InChI is InChI=1S/C8H10BrClF2N2S/c9-4-1-6(15-8(4)10)5(2-13)14-3-7(11)12/h1,5,7,14H,2-3,13H2. The molecule has 7 heteroatoms. The molecule has 2 nitrogen and oxygen atoms in total. The number of hydrogen-bond donors (Lipinski definition) is 2. The lowest BCUT2D eigenvalue weighted by molar-refractivity contribution is 0.142. The summed E-state index contributed by atoms with van der Waals surface area (Å²) >= 11 is 10.4. The molecule has 1 unspecified atom stereocenters. The second-order valence-corrected chi connectivity index (χ2v) is 5.40. The topological polar surface area (TPSA) is 38.0 Å². The van der Waals surface area contributed by atoms with Gasteiger partial charge in [0.1, 0.15) is 4.34 Å². The van der Waals surface area contributed by atoms with Crippen LogP contribution in [0.4, 0.5) is 8.78 Å². The minimum atomic E-state index is -2.38. The molecule has 15 heavy (non-hydrogen) atoms. The molecule has 0 fully saturated rings. The number of nitrogens with two attached hydrogens (primary N) is 1. The molecule has 1 heterocycles. The van der Waals surface area contributed by atoms with Crippen molar-refractivity contribution in [2.24, 2.45) is 5.73 Å². The van der Waals surface area contributed by atoms with Crippen molar-refractivity contribution in [3.8, 4) is 0 Å². The van der Waals surface area contributed by atoms with Crippen molar-refractivity contribution in [1.29, 1.82) is 0 Å². The molecule has 0 aliphatic carbocycles. The van der Waals surface area contributed by atoms with E-state index < -0.39 is 6.43 Å². The van der Waals surface area contributed by atoms with Gasteiger partial charge in [0, 0.05) is 15.9 Å². The maximum Gasteiger partial charge on any atom is 0.250 e. The Morgan fingerprint density at radius 1 is 1.60 bits per heavy atom. The van der Waals surface area contributed by atoms with Crippen LogP contribution in [0, 0.1) is 0 Å². The molecule has 1 aromatic rings. The van der Waals surface area contributed by atoms with E-state index >= 15 is 0 Å². The van der Waals surface area contributed by atoms with Crippen molar-refractivity contribution in [2.45, 2.75) is 12.5 Å². The Hall–Kier alpha value is 0.250. The molecule has 0 saturated heterocycles. The summed E-state index contributed by atoms with van der Waals surface area (Å²) in [5.41, 5.74) is 5.49. The zero-order valence-corrected chi connectivity index (χ0v) is 10.8. The van der Waals surface area contributed by atoms with Gasteiger partial charge >= 0.3 is 0 Å². The van der Waals surface area contributed by atoms with Gasteiger partial charge in [-0.3, -0.25) is 0 Å². The summed E-state index contributed by atoms with van der Waals surface area (Å²) in [4.78, 5) is 0.857. The molecule has 1 aromatic heterocycles. The van der Waals surface area contributed by atoms with E-state index in [0.717, 1.165) is 9.35 Å². The number of nitrogens with one attached hydrogen (secondary N) is 1.